The zero-order valence-corrected chi connectivity index (χ0v) is 8.91. The third-order valence-electron chi connectivity index (χ3n) is 1.93. The van der Waals surface area contributed by atoms with E-state index < -0.39 is 17.6 Å². The monoisotopic (exact) mass is 232 g/mol. The molecule has 15 heavy (non-hydrogen) atoms. The minimum atomic E-state index is -1.02. The number of thioether (sulfide) groups is 1. The van der Waals surface area contributed by atoms with Gasteiger partial charge in [0.2, 0.25) is 0 Å². The van der Waals surface area contributed by atoms with Crippen molar-refractivity contribution in [1.29, 1.82) is 0 Å². The first-order valence-corrected chi connectivity index (χ1v) is 5.50. The lowest BCUT2D eigenvalue weighted by Gasteiger charge is -2.05. The van der Waals surface area contributed by atoms with Gasteiger partial charge in [-0.2, -0.15) is 0 Å². The van der Waals surface area contributed by atoms with E-state index in [2.05, 4.69) is 0 Å². The van der Waals surface area contributed by atoms with Crippen LogP contribution in [0.2, 0.25) is 0 Å². The zero-order chi connectivity index (χ0) is 11.4. The van der Waals surface area contributed by atoms with E-state index in [1.54, 1.807) is 6.26 Å². The lowest BCUT2D eigenvalue weighted by Crippen LogP contribution is -2.00. The number of carboxylic acid groups (broad SMARTS) is 1. The topological polar surface area (TPSA) is 37.3 Å². The molecule has 1 N–H and O–H groups in total. The lowest BCUT2D eigenvalue weighted by atomic mass is 10.1. The number of hydrogen-bond donors (Lipinski definition) is 1. The van der Waals surface area contributed by atoms with Crippen LogP contribution >= 0.6 is 11.8 Å². The number of carboxylic acids is 1. The number of halogens is 2. The third-order valence-corrected chi connectivity index (χ3v) is 2.68. The molecule has 0 aliphatic rings. The van der Waals surface area contributed by atoms with Gasteiger partial charge in [-0.1, -0.05) is 0 Å². The van der Waals surface area contributed by atoms with Crippen LogP contribution in [-0.4, -0.2) is 17.3 Å². The van der Waals surface area contributed by atoms with Crippen LogP contribution in [0.5, 0.6) is 0 Å². The van der Waals surface area contributed by atoms with E-state index >= 15 is 0 Å². The SMILES string of the molecule is CSc1cc(F)c(CCC(=O)O)cc1F. The van der Waals surface area contributed by atoms with Gasteiger partial charge in [-0.15, -0.1) is 11.8 Å². The highest BCUT2D eigenvalue weighted by Crippen LogP contribution is 2.23. The fraction of sp³-hybridized carbons (Fsp3) is 0.300. The van der Waals surface area contributed by atoms with Gasteiger partial charge in [0.05, 0.1) is 0 Å². The molecule has 0 heterocycles. The van der Waals surface area contributed by atoms with E-state index in [4.69, 9.17) is 5.11 Å². The zero-order valence-electron chi connectivity index (χ0n) is 8.09. The molecule has 0 aliphatic heterocycles. The van der Waals surface area contributed by atoms with Crippen molar-refractivity contribution in [2.45, 2.75) is 17.7 Å². The van der Waals surface area contributed by atoms with Gasteiger partial charge in [0.1, 0.15) is 11.6 Å². The molecule has 1 aromatic carbocycles. The molecule has 0 unspecified atom stereocenters. The highest BCUT2D eigenvalue weighted by atomic mass is 32.2. The number of carbonyl (C=O) groups is 1. The first-order valence-electron chi connectivity index (χ1n) is 4.28. The van der Waals surface area contributed by atoms with E-state index in [1.165, 1.54) is 0 Å². The summed E-state index contributed by atoms with van der Waals surface area (Å²) in [6, 6.07) is 2.15. The van der Waals surface area contributed by atoms with Crippen molar-refractivity contribution in [3.05, 3.63) is 29.3 Å². The molecule has 0 saturated carbocycles. The Balaban J connectivity index is 2.90. The molecule has 0 saturated heterocycles. The highest BCUT2D eigenvalue weighted by Gasteiger charge is 2.10. The normalized spacial score (nSPS) is 10.3. The summed E-state index contributed by atoms with van der Waals surface area (Å²) >= 11 is 1.11. The van der Waals surface area contributed by atoms with Crippen LogP contribution in [0.15, 0.2) is 17.0 Å². The van der Waals surface area contributed by atoms with Gasteiger partial charge in [-0.05, 0) is 30.4 Å². The van der Waals surface area contributed by atoms with Gasteiger partial charge in [-0.3, -0.25) is 4.79 Å². The Kier molecular flexibility index (Phi) is 4.08. The Morgan fingerprint density at radius 3 is 2.60 bits per heavy atom. The smallest absolute Gasteiger partial charge is 0.303 e. The molecular weight excluding hydrogens is 222 g/mol. The number of benzene rings is 1. The molecule has 0 atom stereocenters. The first kappa shape index (κ1) is 12.0. The maximum atomic E-state index is 13.3. The van der Waals surface area contributed by atoms with Crippen molar-refractivity contribution in [2.24, 2.45) is 0 Å². The molecule has 0 spiro atoms. The number of rotatable bonds is 4. The van der Waals surface area contributed by atoms with Crippen LogP contribution in [0.1, 0.15) is 12.0 Å². The van der Waals surface area contributed by atoms with Crippen molar-refractivity contribution >= 4 is 17.7 Å². The second-order valence-corrected chi connectivity index (χ2v) is 3.82. The lowest BCUT2D eigenvalue weighted by molar-refractivity contribution is -0.136. The molecule has 0 radical (unpaired) electrons. The van der Waals surface area contributed by atoms with E-state index in [1.807, 2.05) is 0 Å². The van der Waals surface area contributed by atoms with Crippen LogP contribution in [0, 0.1) is 11.6 Å². The van der Waals surface area contributed by atoms with Crippen molar-refractivity contribution in [1.82, 2.24) is 0 Å². The molecule has 0 aliphatic carbocycles. The van der Waals surface area contributed by atoms with Crippen molar-refractivity contribution in [3.8, 4) is 0 Å². The minimum Gasteiger partial charge on any atom is -0.481 e. The highest BCUT2D eigenvalue weighted by molar-refractivity contribution is 7.98. The summed E-state index contributed by atoms with van der Waals surface area (Å²) in [5, 5.41) is 8.42. The summed E-state index contributed by atoms with van der Waals surface area (Å²) in [4.78, 5) is 10.5. The first-order chi connectivity index (χ1) is 7.04. The van der Waals surface area contributed by atoms with E-state index in [9.17, 15) is 13.6 Å². The molecular formula is C10H10F2O2S. The van der Waals surface area contributed by atoms with Gasteiger partial charge in [-0.25, -0.2) is 8.78 Å². The second-order valence-electron chi connectivity index (χ2n) is 2.97. The Hall–Kier alpha value is -1.10. The average Bonchev–Trinajstić information content (AvgIpc) is 2.18. The minimum absolute atomic E-state index is 0.00669. The second kappa shape index (κ2) is 5.11. The quantitative estimate of drug-likeness (QED) is 0.811. The van der Waals surface area contributed by atoms with E-state index in [0.717, 1.165) is 23.9 Å². The fourth-order valence-electron chi connectivity index (χ4n) is 1.16. The van der Waals surface area contributed by atoms with Crippen molar-refractivity contribution in [3.63, 3.8) is 0 Å². The molecule has 5 heteroatoms. The van der Waals surface area contributed by atoms with Gasteiger partial charge in [0, 0.05) is 11.3 Å². The maximum absolute atomic E-state index is 13.3. The van der Waals surface area contributed by atoms with Crippen LogP contribution in [0.3, 0.4) is 0 Å². The van der Waals surface area contributed by atoms with E-state index in [-0.39, 0.29) is 23.3 Å². The summed E-state index contributed by atoms with van der Waals surface area (Å²) < 4.78 is 26.5. The van der Waals surface area contributed by atoms with Crippen LogP contribution < -0.4 is 0 Å². The van der Waals surface area contributed by atoms with Gasteiger partial charge in [0.25, 0.3) is 0 Å². The summed E-state index contributed by atoms with van der Waals surface area (Å²) in [7, 11) is 0. The maximum Gasteiger partial charge on any atom is 0.303 e. The number of aliphatic carboxylic acids is 1. The number of hydrogen-bond acceptors (Lipinski definition) is 2. The predicted octanol–water partition coefficient (Wildman–Crippen LogP) is 2.70. The number of aryl methyl sites for hydroxylation is 1. The fourth-order valence-corrected chi connectivity index (χ4v) is 1.63. The Bertz CT molecular complexity index is 380. The van der Waals surface area contributed by atoms with Gasteiger partial charge < -0.3 is 5.11 Å². The van der Waals surface area contributed by atoms with Crippen molar-refractivity contribution < 1.29 is 18.7 Å². The van der Waals surface area contributed by atoms with E-state index in [0.29, 0.717) is 0 Å². The molecule has 1 rings (SSSR count). The summed E-state index contributed by atoms with van der Waals surface area (Å²) in [6.07, 6.45) is 1.45. The van der Waals surface area contributed by atoms with Crippen LogP contribution in [-0.2, 0) is 11.2 Å². The van der Waals surface area contributed by atoms with Crippen LogP contribution in [0.4, 0.5) is 8.78 Å². The largest absolute Gasteiger partial charge is 0.481 e. The summed E-state index contributed by atoms with van der Waals surface area (Å²) in [5.41, 5.74) is 0.104. The standard InChI is InChI=1S/C10H10F2O2S/c1-15-9-5-7(11)6(4-8(9)12)2-3-10(13)14/h4-5H,2-3H2,1H3,(H,13,14). The molecule has 0 fully saturated rings. The molecule has 2 nitrogen and oxygen atoms in total. The Morgan fingerprint density at radius 1 is 1.40 bits per heavy atom. The van der Waals surface area contributed by atoms with Crippen molar-refractivity contribution in [2.75, 3.05) is 6.26 Å². The van der Waals surface area contributed by atoms with Crippen LogP contribution in [0.25, 0.3) is 0 Å². The Morgan fingerprint density at radius 2 is 2.07 bits per heavy atom. The van der Waals surface area contributed by atoms with Gasteiger partial charge >= 0.3 is 5.97 Å². The average molecular weight is 232 g/mol. The third kappa shape index (κ3) is 3.20. The Labute approximate surface area is 90.3 Å². The predicted molar refractivity (Wildman–Crippen MR) is 54.1 cm³/mol. The molecule has 0 aromatic heterocycles. The summed E-state index contributed by atoms with van der Waals surface area (Å²) in [6.45, 7) is 0. The summed E-state index contributed by atoms with van der Waals surface area (Å²) in [5.74, 6) is -2.09. The molecule has 0 amide bonds. The van der Waals surface area contributed by atoms with Gasteiger partial charge in [0.15, 0.2) is 0 Å². The molecule has 1 aromatic rings. The molecule has 0 bridgehead atoms. The molecule has 82 valence electrons.